The molecule has 168 valence electrons. The minimum Gasteiger partial charge on any atom is -0.272 e. The highest BCUT2D eigenvalue weighted by molar-refractivity contribution is 6.30. The fraction of sp³-hybridized carbons (Fsp3) is 0.0769. The zero-order valence-corrected chi connectivity index (χ0v) is 18.8. The number of benzene rings is 2. The predicted octanol–water partition coefficient (Wildman–Crippen LogP) is 4.61. The van der Waals surface area contributed by atoms with E-state index in [1.165, 1.54) is 10.9 Å². The average molecular weight is 470 g/mol. The zero-order valence-electron chi connectivity index (χ0n) is 18.0. The van der Waals surface area contributed by atoms with Crippen molar-refractivity contribution in [1.82, 2.24) is 19.9 Å². The number of nitrogens with one attached hydrogen (secondary N) is 2. The van der Waals surface area contributed by atoms with Crippen molar-refractivity contribution in [2.24, 2.45) is 0 Å². The van der Waals surface area contributed by atoms with E-state index in [-0.39, 0.29) is 5.56 Å². The molecule has 0 spiro atoms. The number of amides is 1. The maximum Gasteiger partial charge on any atom is 0.295 e. The normalized spacial score (nSPS) is 11.0. The minimum absolute atomic E-state index is 0.305. The molecule has 0 saturated carbocycles. The fourth-order valence-electron chi connectivity index (χ4n) is 3.84. The highest BCUT2D eigenvalue weighted by Gasteiger charge is 2.18. The molecular formula is C26H20ClN5O2. The van der Waals surface area contributed by atoms with Crippen molar-refractivity contribution in [3.8, 4) is 11.3 Å². The van der Waals surface area contributed by atoms with Gasteiger partial charge in [0.1, 0.15) is 11.2 Å². The van der Waals surface area contributed by atoms with Gasteiger partial charge in [-0.05, 0) is 48.7 Å². The average Bonchev–Trinajstić information content (AvgIpc) is 3.30. The number of hydrogen-bond acceptors (Lipinski definition) is 4. The van der Waals surface area contributed by atoms with E-state index in [4.69, 9.17) is 11.6 Å². The van der Waals surface area contributed by atoms with Crippen LogP contribution in [0.25, 0.3) is 22.2 Å². The van der Waals surface area contributed by atoms with Gasteiger partial charge in [-0.25, -0.2) is 4.68 Å². The molecule has 0 fully saturated rings. The van der Waals surface area contributed by atoms with Gasteiger partial charge >= 0.3 is 0 Å². The van der Waals surface area contributed by atoms with Gasteiger partial charge in [0.2, 0.25) is 0 Å². The van der Waals surface area contributed by atoms with E-state index in [9.17, 15) is 9.59 Å². The zero-order chi connectivity index (χ0) is 23.5. The highest BCUT2D eigenvalue weighted by atomic mass is 35.5. The summed E-state index contributed by atoms with van der Waals surface area (Å²) in [4.78, 5) is 30.3. The van der Waals surface area contributed by atoms with Crippen LogP contribution in [-0.2, 0) is 12.8 Å². The Kier molecular flexibility index (Phi) is 5.93. The molecule has 0 unspecified atom stereocenters. The highest BCUT2D eigenvalue weighted by Crippen LogP contribution is 2.27. The van der Waals surface area contributed by atoms with E-state index < -0.39 is 5.91 Å². The summed E-state index contributed by atoms with van der Waals surface area (Å²) in [7, 11) is 0. The molecule has 34 heavy (non-hydrogen) atoms. The number of hydrogen-bond donors (Lipinski definition) is 2. The van der Waals surface area contributed by atoms with E-state index in [1.807, 2.05) is 48.5 Å². The standard InChI is InChI=1S/C26H20ClN5O2/c27-20-11-9-18(10-12-20)23-22-15-21(13-8-17-5-2-1-3-6-17)32(26(34)24(22)30-29-23)31-25(33)19-7-4-14-28-16-19/h1-7,9-12,14-16H,8,13H2,(H,29,30)(H,31,33). The van der Waals surface area contributed by atoms with Crippen molar-refractivity contribution in [2.75, 3.05) is 5.43 Å². The van der Waals surface area contributed by atoms with Gasteiger partial charge in [-0.15, -0.1) is 0 Å². The maximum absolute atomic E-state index is 13.5. The van der Waals surface area contributed by atoms with E-state index in [0.717, 1.165) is 11.1 Å². The Morgan fingerprint density at radius 2 is 1.79 bits per heavy atom. The van der Waals surface area contributed by atoms with Gasteiger partial charge in [0.25, 0.3) is 11.5 Å². The van der Waals surface area contributed by atoms with Crippen LogP contribution in [0.2, 0.25) is 5.02 Å². The van der Waals surface area contributed by atoms with Crippen molar-refractivity contribution >= 4 is 28.4 Å². The van der Waals surface area contributed by atoms with Gasteiger partial charge < -0.3 is 0 Å². The van der Waals surface area contributed by atoms with Crippen molar-refractivity contribution in [1.29, 1.82) is 0 Å². The summed E-state index contributed by atoms with van der Waals surface area (Å²) >= 11 is 6.03. The summed E-state index contributed by atoms with van der Waals surface area (Å²) in [5.74, 6) is -0.423. The lowest BCUT2D eigenvalue weighted by molar-refractivity contribution is 0.101. The van der Waals surface area contributed by atoms with Crippen LogP contribution in [0, 0.1) is 0 Å². The molecule has 8 heteroatoms. The van der Waals surface area contributed by atoms with Crippen LogP contribution in [0.5, 0.6) is 0 Å². The lowest BCUT2D eigenvalue weighted by atomic mass is 10.0. The number of pyridine rings is 2. The summed E-state index contributed by atoms with van der Waals surface area (Å²) in [6.07, 6.45) is 4.27. The van der Waals surface area contributed by atoms with Crippen LogP contribution < -0.4 is 11.0 Å². The minimum atomic E-state index is -0.423. The summed E-state index contributed by atoms with van der Waals surface area (Å²) in [6, 6.07) is 22.5. The number of halogens is 1. The summed E-state index contributed by atoms with van der Waals surface area (Å²) in [6.45, 7) is 0. The molecule has 3 heterocycles. The SMILES string of the molecule is O=C(Nn1c(CCc2ccccc2)cc2c(-c3ccc(Cl)cc3)n[nH]c2c1=O)c1cccnc1. The number of aryl methyl sites for hydroxylation is 2. The molecule has 0 radical (unpaired) electrons. The molecule has 0 aliphatic carbocycles. The van der Waals surface area contributed by atoms with E-state index in [2.05, 4.69) is 20.6 Å². The molecule has 0 saturated heterocycles. The molecule has 2 N–H and O–H groups in total. The van der Waals surface area contributed by atoms with Gasteiger partial charge in [-0.1, -0.05) is 54.1 Å². The molecule has 3 aromatic heterocycles. The maximum atomic E-state index is 13.5. The van der Waals surface area contributed by atoms with Crippen LogP contribution in [0.3, 0.4) is 0 Å². The van der Waals surface area contributed by atoms with Gasteiger partial charge in [0, 0.05) is 34.1 Å². The van der Waals surface area contributed by atoms with Gasteiger partial charge in [-0.3, -0.25) is 25.1 Å². The van der Waals surface area contributed by atoms with Gasteiger partial charge in [-0.2, -0.15) is 5.10 Å². The number of fused-ring (bicyclic) bond motifs is 1. The van der Waals surface area contributed by atoms with E-state index in [0.29, 0.717) is 45.7 Å². The first-order chi connectivity index (χ1) is 16.6. The van der Waals surface area contributed by atoms with Crippen LogP contribution >= 0.6 is 11.6 Å². The van der Waals surface area contributed by atoms with Crippen molar-refractivity contribution in [2.45, 2.75) is 12.8 Å². The quantitative estimate of drug-likeness (QED) is 0.380. The first-order valence-electron chi connectivity index (χ1n) is 10.7. The summed E-state index contributed by atoms with van der Waals surface area (Å²) in [5.41, 5.74) is 6.29. The van der Waals surface area contributed by atoms with Crippen molar-refractivity contribution in [3.05, 3.63) is 117 Å². The number of rotatable bonds is 6. The van der Waals surface area contributed by atoms with E-state index in [1.54, 1.807) is 30.5 Å². The lowest BCUT2D eigenvalue weighted by Crippen LogP contribution is -2.35. The van der Waals surface area contributed by atoms with Crippen LogP contribution in [0.1, 0.15) is 21.6 Å². The number of nitrogens with zero attached hydrogens (tertiary/aromatic N) is 3. The third-order valence-electron chi connectivity index (χ3n) is 5.59. The second kappa shape index (κ2) is 9.33. The topological polar surface area (TPSA) is 92.7 Å². The molecule has 0 aliphatic heterocycles. The Morgan fingerprint density at radius 1 is 1.00 bits per heavy atom. The first-order valence-corrected chi connectivity index (χ1v) is 11.1. The second-order valence-corrected chi connectivity index (χ2v) is 8.25. The number of carbonyl (C=O) groups is 1. The third kappa shape index (κ3) is 4.33. The van der Waals surface area contributed by atoms with Gasteiger partial charge in [0.05, 0.1) is 5.56 Å². The number of aromatic amines is 1. The number of H-pyrrole nitrogens is 1. The molecule has 2 aromatic carbocycles. The number of aromatic nitrogens is 4. The largest absolute Gasteiger partial charge is 0.295 e. The summed E-state index contributed by atoms with van der Waals surface area (Å²) in [5, 5.41) is 8.53. The molecule has 0 atom stereocenters. The predicted molar refractivity (Wildman–Crippen MR) is 133 cm³/mol. The monoisotopic (exact) mass is 469 g/mol. The summed E-state index contributed by atoms with van der Waals surface area (Å²) < 4.78 is 1.30. The Labute approximate surface area is 200 Å². The Balaban J connectivity index is 1.59. The molecule has 7 nitrogen and oxygen atoms in total. The van der Waals surface area contributed by atoms with Crippen LogP contribution in [0.15, 0.2) is 90.0 Å². The van der Waals surface area contributed by atoms with Crippen LogP contribution in [0.4, 0.5) is 0 Å². The fourth-order valence-corrected chi connectivity index (χ4v) is 3.97. The van der Waals surface area contributed by atoms with Gasteiger partial charge in [0.15, 0.2) is 0 Å². The molecule has 0 bridgehead atoms. The Hall–Kier alpha value is -4.23. The third-order valence-corrected chi connectivity index (χ3v) is 5.84. The smallest absolute Gasteiger partial charge is 0.272 e. The Morgan fingerprint density at radius 3 is 2.53 bits per heavy atom. The molecule has 5 rings (SSSR count). The molecule has 5 aromatic rings. The van der Waals surface area contributed by atoms with Crippen molar-refractivity contribution < 1.29 is 4.79 Å². The van der Waals surface area contributed by atoms with Crippen LogP contribution in [-0.4, -0.2) is 25.8 Å². The molecular weight excluding hydrogens is 450 g/mol. The Bertz CT molecular complexity index is 1510. The van der Waals surface area contributed by atoms with E-state index >= 15 is 0 Å². The lowest BCUT2D eigenvalue weighted by Gasteiger charge is -2.15. The second-order valence-electron chi connectivity index (χ2n) is 7.81. The number of carbonyl (C=O) groups excluding carboxylic acids is 1. The molecule has 0 aliphatic rings. The van der Waals surface area contributed by atoms with Crippen molar-refractivity contribution in [3.63, 3.8) is 0 Å². The first kappa shape index (κ1) is 21.6. The molecule has 1 amide bonds.